The van der Waals surface area contributed by atoms with Crippen LogP contribution in [0.25, 0.3) is 0 Å². The summed E-state index contributed by atoms with van der Waals surface area (Å²) in [5.74, 6) is -1.02. The van der Waals surface area contributed by atoms with Crippen molar-refractivity contribution in [2.75, 3.05) is 5.32 Å². The Bertz CT molecular complexity index is 773. The number of hydrogen-bond donors (Lipinski definition) is 2. The Labute approximate surface area is 139 Å². The molecule has 1 atom stereocenters. The van der Waals surface area contributed by atoms with Crippen LogP contribution < -0.4 is 11.1 Å². The van der Waals surface area contributed by atoms with Gasteiger partial charge in [-0.15, -0.1) is 0 Å². The summed E-state index contributed by atoms with van der Waals surface area (Å²) in [5.41, 5.74) is 8.14. The molecule has 0 unspecified atom stereocenters. The first-order chi connectivity index (χ1) is 11.1. The number of aryl methyl sites for hydroxylation is 1. The summed E-state index contributed by atoms with van der Waals surface area (Å²) in [6.07, 6.45) is 2.74. The summed E-state index contributed by atoms with van der Waals surface area (Å²) in [5, 5.41) is 3.05. The van der Waals surface area contributed by atoms with Crippen molar-refractivity contribution in [2.45, 2.75) is 25.2 Å². The molecule has 118 valence electrons. The number of fused-ring (bicyclic) bond motifs is 1. The zero-order valence-electron chi connectivity index (χ0n) is 12.5. The second kappa shape index (κ2) is 6.42. The smallest absolute Gasteiger partial charge is 0.252 e. The summed E-state index contributed by atoms with van der Waals surface area (Å²) in [4.78, 5) is 24.3. The Morgan fingerprint density at radius 1 is 1.13 bits per heavy atom. The molecular formula is C18H17ClN2O2. The molecular weight excluding hydrogens is 312 g/mol. The molecule has 0 fully saturated rings. The van der Waals surface area contributed by atoms with E-state index in [1.54, 1.807) is 18.2 Å². The highest BCUT2D eigenvalue weighted by Gasteiger charge is 2.27. The maximum absolute atomic E-state index is 12.7. The number of hydrogen-bond acceptors (Lipinski definition) is 2. The third-order valence-electron chi connectivity index (χ3n) is 4.20. The van der Waals surface area contributed by atoms with Crippen LogP contribution in [0.15, 0.2) is 42.5 Å². The number of carbonyl (C=O) groups excluding carboxylic acids is 2. The van der Waals surface area contributed by atoms with E-state index in [1.165, 1.54) is 5.56 Å². The van der Waals surface area contributed by atoms with Crippen LogP contribution in [0, 0.1) is 0 Å². The topological polar surface area (TPSA) is 72.2 Å². The quantitative estimate of drug-likeness (QED) is 0.905. The van der Waals surface area contributed by atoms with Gasteiger partial charge in [0.1, 0.15) is 0 Å². The molecule has 0 bridgehead atoms. The van der Waals surface area contributed by atoms with E-state index in [9.17, 15) is 9.59 Å². The fraction of sp³-hybridized carbons (Fsp3) is 0.222. The number of rotatable bonds is 3. The van der Waals surface area contributed by atoms with E-state index < -0.39 is 5.91 Å². The molecule has 5 heteroatoms. The Morgan fingerprint density at radius 2 is 1.91 bits per heavy atom. The summed E-state index contributed by atoms with van der Waals surface area (Å²) < 4.78 is 0. The highest BCUT2D eigenvalue weighted by Crippen LogP contribution is 2.33. The summed E-state index contributed by atoms with van der Waals surface area (Å²) in [6, 6.07) is 12.9. The molecule has 1 aliphatic carbocycles. The number of nitrogens with two attached hydrogens (primary N) is 1. The number of anilines is 1. The van der Waals surface area contributed by atoms with Gasteiger partial charge in [0.15, 0.2) is 0 Å². The number of amides is 2. The third kappa shape index (κ3) is 3.08. The van der Waals surface area contributed by atoms with Crippen LogP contribution in [0.4, 0.5) is 5.69 Å². The molecule has 2 aromatic rings. The second-order valence-corrected chi connectivity index (χ2v) is 6.07. The number of carbonyl (C=O) groups is 2. The van der Waals surface area contributed by atoms with Gasteiger partial charge < -0.3 is 11.1 Å². The zero-order chi connectivity index (χ0) is 16.4. The molecule has 1 aliphatic rings. The second-order valence-electron chi connectivity index (χ2n) is 5.66. The predicted octanol–water partition coefficient (Wildman–Crippen LogP) is 3.50. The number of benzene rings is 2. The van der Waals surface area contributed by atoms with E-state index in [-0.39, 0.29) is 22.4 Å². The Balaban J connectivity index is 1.90. The molecule has 2 amide bonds. The zero-order valence-corrected chi connectivity index (χ0v) is 13.3. The summed E-state index contributed by atoms with van der Waals surface area (Å²) in [7, 11) is 0. The standard InChI is InChI=1S/C18H17ClN2O2/c19-14-9-4-10-15(16(14)17(20)22)21-18(23)13-8-3-6-11-5-1-2-7-12(11)13/h1-2,4-5,7,9-10,13H,3,6,8H2,(H2,20,22)(H,21,23)/t13-/m0/s1. The lowest BCUT2D eigenvalue weighted by atomic mass is 9.82. The van der Waals surface area contributed by atoms with Crippen molar-refractivity contribution in [1.29, 1.82) is 0 Å². The van der Waals surface area contributed by atoms with Crippen molar-refractivity contribution in [3.63, 3.8) is 0 Å². The van der Waals surface area contributed by atoms with Crippen molar-refractivity contribution < 1.29 is 9.59 Å². The van der Waals surface area contributed by atoms with E-state index in [2.05, 4.69) is 11.4 Å². The molecule has 0 heterocycles. The molecule has 0 saturated carbocycles. The van der Waals surface area contributed by atoms with Crippen molar-refractivity contribution in [3.05, 3.63) is 64.2 Å². The van der Waals surface area contributed by atoms with E-state index in [0.717, 1.165) is 24.8 Å². The van der Waals surface area contributed by atoms with Gasteiger partial charge in [0.25, 0.3) is 5.91 Å². The van der Waals surface area contributed by atoms with E-state index in [1.807, 2.05) is 18.2 Å². The van der Waals surface area contributed by atoms with Crippen LogP contribution in [-0.2, 0) is 11.2 Å². The molecule has 3 N–H and O–H groups in total. The lowest BCUT2D eigenvalue weighted by Gasteiger charge is -2.25. The van der Waals surface area contributed by atoms with Gasteiger partial charge in [0.05, 0.1) is 22.2 Å². The molecule has 0 aromatic heterocycles. The van der Waals surface area contributed by atoms with E-state index in [0.29, 0.717) is 5.69 Å². The largest absolute Gasteiger partial charge is 0.365 e. The fourth-order valence-corrected chi connectivity index (χ4v) is 3.39. The molecule has 0 saturated heterocycles. The van der Waals surface area contributed by atoms with E-state index in [4.69, 9.17) is 17.3 Å². The third-order valence-corrected chi connectivity index (χ3v) is 4.52. The van der Waals surface area contributed by atoms with Crippen molar-refractivity contribution >= 4 is 29.1 Å². The van der Waals surface area contributed by atoms with Gasteiger partial charge >= 0.3 is 0 Å². The first-order valence-corrected chi connectivity index (χ1v) is 7.92. The van der Waals surface area contributed by atoms with Gasteiger partial charge in [-0.3, -0.25) is 9.59 Å². The Kier molecular flexibility index (Phi) is 4.35. The molecule has 4 nitrogen and oxygen atoms in total. The molecule has 23 heavy (non-hydrogen) atoms. The Morgan fingerprint density at radius 3 is 2.70 bits per heavy atom. The van der Waals surface area contributed by atoms with Gasteiger partial charge in [0.2, 0.25) is 5.91 Å². The number of halogens is 1. The molecule has 0 aliphatic heterocycles. The van der Waals surface area contributed by atoms with Crippen LogP contribution >= 0.6 is 11.6 Å². The minimum atomic E-state index is -0.657. The first-order valence-electron chi connectivity index (χ1n) is 7.55. The summed E-state index contributed by atoms with van der Waals surface area (Å²) in [6.45, 7) is 0. The number of primary amides is 1. The maximum Gasteiger partial charge on any atom is 0.252 e. The first kappa shape index (κ1) is 15.6. The van der Waals surface area contributed by atoms with Gasteiger partial charge in [-0.1, -0.05) is 41.9 Å². The lowest BCUT2D eigenvalue weighted by molar-refractivity contribution is -0.117. The van der Waals surface area contributed by atoms with Crippen molar-refractivity contribution in [1.82, 2.24) is 0 Å². The molecule has 0 radical (unpaired) electrons. The van der Waals surface area contributed by atoms with E-state index >= 15 is 0 Å². The van der Waals surface area contributed by atoms with Gasteiger partial charge in [-0.2, -0.15) is 0 Å². The van der Waals surface area contributed by atoms with Crippen molar-refractivity contribution in [2.24, 2.45) is 5.73 Å². The Hall–Kier alpha value is -2.33. The lowest BCUT2D eigenvalue weighted by Crippen LogP contribution is -2.26. The maximum atomic E-state index is 12.7. The average Bonchev–Trinajstić information content (AvgIpc) is 2.54. The molecule has 0 spiro atoms. The SMILES string of the molecule is NC(=O)c1c(Cl)cccc1NC(=O)[C@H]1CCCc2ccccc21. The van der Waals surface area contributed by atoms with Crippen molar-refractivity contribution in [3.8, 4) is 0 Å². The predicted molar refractivity (Wildman–Crippen MR) is 90.7 cm³/mol. The highest BCUT2D eigenvalue weighted by atomic mass is 35.5. The highest BCUT2D eigenvalue weighted by molar-refractivity contribution is 6.34. The fourth-order valence-electron chi connectivity index (χ4n) is 3.12. The van der Waals surface area contributed by atoms with Crippen LogP contribution in [-0.4, -0.2) is 11.8 Å². The summed E-state index contributed by atoms with van der Waals surface area (Å²) >= 11 is 6.02. The van der Waals surface area contributed by atoms with Gasteiger partial charge in [-0.05, 0) is 42.5 Å². The minimum Gasteiger partial charge on any atom is -0.365 e. The van der Waals surface area contributed by atoms with Crippen LogP contribution in [0.1, 0.15) is 40.2 Å². The van der Waals surface area contributed by atoms with Crippen LogP contribution in [0.2, 0.25) is 5.02 Å². The van der Waals surface area contributed by atoms with Gasteiger partial charge in [-0.25, -0.2) is 0 Å². The van der Waals surface area contributed by atoms with Crippen LogP contribution in [0.3, 0.4) is 0 Å². The minimum absolute atomic E-state index is 0.137. The number of nitrogens with one attached hydrogen (secondary N) is 1. The average molecular weight is 329 g/mol. The van der Waals surface area contributed by atoms with Crippen LogP contribution in [0.5, 0.6) is 0 Å². The normalized spacial score (nSPS) is 16.5. The monoisotopic (exact) mass is 328 g/mol. The van der Waals surface area contributed by atoms with Gasteiger partial charge in [0, 0.05) is 0 Å². The molecule has 3 rings (SSSR count). The molecule has 2 aromatic carbocycles.